The highest BCUT2D eigenvalue weighted by molar-refractivity contribution is 6.22. The summed E-state index contributed by atoms with van der Waals surface area (Å²) >= 11 is 0. The molecular weight excluding hydrogens is 380 g/mol. The second kappa shape index (κ2) is 8.10. The van der Waals surface area contributed by atoms with E-state index in [1.165, 1.54) is 0 Å². The van der Waals surface area contributed by atoms with Crippen LogP contribution in [0.1, 0.15) is 46.8 Å². The summed E-state index contributed by atoms with van der Waals surface area (Å²) in [5.41, 5.74) is 2.61. The molecule has 7 heteroatoms. The zero-order valence-corrected chi connectivity index (χ0v) is 17.0. The third kappa shape index (κ3) is 3.58. The highest BCUT2D eigenvalue weighted by Gasteiger charge is 2.43. The molecule has 3 amide bonds. The van der Waals surface area contributed by atoms with Gasteiger partial charge >= 0.3 is 0 Å². The van der Waals surface area contributed by atoms with Gasteiger partial charge in [-0.1, -0.05) is 38.1 Å². The number of nitrogens with one attached hydrogen (secondary N) is 2. The van der Waals surface area contributed by atoms with Crippen LogP contribution in [0.2, 0.25) is 0 Å². The number of aryl methyl sites for hydroxylation is 1. The second-order valence-electron chi connectivity index (χ2n) is 7.81. The smallest absolute Gasteiger partial charge is 0.262 e. The number of hydrogen-bond donors (Lipinski definition) is 2. The lowest BCUT2D eigenvalue weighted by molar-refractivity contribution is -0.126. The van der Waals surface area contributed by atoms with E-state index < -0.39 is 17.9 Å². The Morgan fingerprint density at radius 2 is 1.67 bits per heavy atom. The van der Waals surface area contributed by atoms with Crippen molar-refractivity contribution in [1.29, 1.82) is 0 Å². The van der Waals surface area contributed by atoms with Gasteiger partial charge in [0.2, 0.25) is 5.91 Å². The van der Waals surface area contributed by atoms with Gasteiger partial charge in [-0.3, -0.25) is 19.3 Å². The maximum atomic E-state index is 12.9. The summed E-state index contributed by atoms with van der Waals surface area (Å²) in [6.07, 6.45) is 1.38. The Morgan fingerprint density at radius 1 is 1.03 bits per heavy atom. The minimum atomic E-state index is -0.844. The zero-order chi connectivity index (χ0) is 21.3. The summed E-state index contributed by atoms with van der Waals surface area (Å²) < 4.78 is 0. The maximum Gasteiger partial charge on any atom is 0.262 e. The summed E-state index contributed by atoms with van der Waals surface area (Å²) in [5, 5.41) is 2.89. The van der Waals surface area contributed by atoms with Crippen LogP contribution in [-0.4, -0.2) is 45.2 Å². The fourth-order valence-corrected chi connectivity index (χ4v) is 3.87. The summed E-state index contributed by atoms with van der Waals surface area (Å²) in [6, 6.07) is 13.7. The first-order valence-electron chi connectivity index (χ1n) is 10.2. The fourth-order valence-electron chi connectivity index (χ4n) is 3.87. The molecular formula is C23H24N4O3. The van der Waals surface area contributed by atoms with Crippen molar-refractivity contribution in [1.82, 2.24) is 20.2 Å². The number of aromatic amines is 1. The zero-order valence-electron chi connectivity index (χ0n) is 17.0. The molecule has 4 rings (SSSR count). The number of carbonyl (C=O) groups excluding carboxylic acids is 3. The molecule has 0 radical (unpaired) electrons. The predicted octanol–water partition coefficient (Wildman–Crippen LogP) is 2.93. The molecule has 154 valence electrons. The number of benzene rings is 2. The van der Waals surface area contributed by atoms with Crippen LogP contribution in [0.5, 0.6) is 0 Å². The number of rotatable bonds is 7. The van der Waals surface area contributed by atoms with Crippen LogP contribution in [0.15, 0.2) is 48.5 Å². The van der Waals surface area contributed by atoms with Crippen molar-refractivity contribution >= 4 is 28.8 Å². The molecule has 1 aliphatic heterocycles. The Morgan fingerprint density at radius 3 is 2.30 bits per heavy atom. The molecule has 0 aliphatic carbocycles. The molecule has 2 heterocycles. The van der Waals surface area contributed by atoms with Crippen molar-refractivity contribution in [3.8, 4) is 0 Å². The molecule has 2 N–H and O–H groups in total. The predicted molar refractivity (Wildman–Crippen MR) is 113 cm³/mol. The first kappa shape index (κ1) is 19.8. The SMILES string of the molecule is CC(C)C(C(=O)NCCCc1nc2ccccc2[nH]1)N1C(=O)c2ccccc2C1=O. The Labute approximate surface area is 174 Å². The van der Waals surface area contributed by atoms with E-state index in [-0.39, 0.29) is 11.8 Å². The minimum absolute atomic E-state index is 0.206. The van der Waals surface area contributed by atoms with Crippen LogP contribution in [0.3, 0.4) is 0 Å². The lowest BCUT2D eigenvalue weighted by Crippen LogP contribution is -2.52. The molecule has 1 aromatic heterocycles. The maximum absolute atomic E-state index is 12.9. The van der Waals surface area contributed by atoms with Crippen molar-refractivity contribution in [2.75, 3.05) is 6.54 Å². The summed E-state index contributed by atoms with van der Waals surface area (Å²) in [7, 11) is 0. The van der Waals surface area contributed by atoms with Gasteiger partial charge in [-0.05, 0) is 36.6 Å². The van der Waals surface area contributed by atoms with Crippen LogP contribution in [0.4, 0.5) is 0 Å². The molecule has 1 unspecified atom stereocenters. The van der Waals surface area contributed by atoms with E-state index in [0.717, 1.165) is 21.8 Å². The van der Waals surface area contributed by atoms with Crippen molar-refractivity contribution in [3.05, 3.63) is 65.5 Å². The number of imidazole rings is 1. The van der Waals surface area contributed by atoms with E-state index in [2.05, 4.69) is 15.3 Å². The number of hydrogen-bond acceptors (Lipinski definition) is 4. The van der Waals surface area contributed by atoms with Gasteiger partial charge in [0, 0.05) is 13.0 Å². The Bertz CT molecular complexity index is 1050. The Balaban J connectivity index is 1.38. The molecule has 0 bridgehead atoms. The molecule has 30 heavy (non-hydrogen) atoms. The van der Waals surface area contributed by atoms with Crippen molar-refractivity contribution in [2.24, 2.45) is 5.92 Å². The lowest BCUT2D eigenvalue weighted by atomic mass is 10.0. The summed E-state index contributed by atoms with van der Waals surface area (Å²) in [4.78, 5) is 47.3. The summed E-state index contributed by atoms with van der Waals surface area (Å²) in [5.74, 6) is -0.476. The van der Waals surface area contributed by atoms with Crippen molar-refractivity contribution < 1.29 is 14.4 Å². The average molecular weight is 404 g/mol. The topological polar surface area (TPSA) is 95.2 Å². The van der Waals surface area contributed by atoms with Gasteiger partial charge in [0.05, 0.1) is 22.2 Å². The number of H-pyrrole nitrogens is 1. The Kier molecular flexibility index (Phi) is 5.35. The molecule has 0 fully saturated rings. The molecule has 0 saturated carbocycles. The quantitative estimate of drug-likeness (QED) is 0.468. The first-order chi connectivity index (χ1) is 14.5. The number of nitrogens with zero attached hydrogens (tertiary/aromatic N) is 2. The molecule has 0 saturated heterocycles. The second-order valence-corrected chi connectivity index (χ2v) is 7.81. The third-order valence-corrected chi connectivity index (χ3v) is 5.33. The molecule has 1 aliphatic rings. The van der Waals surface area contributed by atoms with Gasteiger partial charge in [-0.2, -0.15) is 0 Å². The molecule has 2 aromatic carbocycles. The van der Waals surface area contributed by atoms with Crippen LogP contribution < -0.4 is 5.32 Å². The van der Waals surface area contributed by atoms with Crippen LogP contribution in [0, 0.1) is 5.92 Å². The van der Waals surface area contributed by atoms with Gasteiger partial charge < -0.3 is 10.3 Å². The molecule has 0 spiro atoms. The van der Waals surface area contributed by atoms with Gasteiger partial charge in [0.25, 0.3) is 11.8 Å². The van der Waals surface area contributed by atoms with Crippen molar-refractivity contribution in [3.63, 3.8) is 0 Å². The number of amides is 3. The highest BCUT2D eigenvalue weighted by Crippen LogP contribution is 2.27. The normalized spacial score (nSPS) is 14.4. The minimum Gasteiger partial charge on any atom is -0.354 e. The third-order valence-electron chi connectivity index (χ3n) is 5.33. The number of imide groups is 1. The van der Waals surface area contributed by atoms with E-state index in [1.807, 2.05) is 38.1 Å². The first-order valence-corrected chi connectivity index (χ1v) is 10.2. The van der Waals surface area contributed by atoms with E-state index >= 15 is 0 Å². The van der Waals surface area contributed by atoms with Gasteiger partial charge in [0.15, 0.2) is 0 Å². The number of para-hydroxylation sites is 2. The van der Waals surface area contributed by atoms with Crippen LogP contribution in [0.25, 0.3) is 11.0 Å². The lowest BCUT2D eigenvalue weighted by Gasteiger charge is -2.28. The van der Waals surface area contributed by atoms with Crippen LogP contribution in [-0.2, 0) is 11.2 Å². The van der Waals surface area contributed by atoms with Gasteiger partial charge in [-0.25, -0.2) is 4.98 Å². The summed E-state index contributed by atoms with van der Waals surface area (Å²) in [6.45, 7) is 4.10. The Hall–Kier alpha value is -3.48. The van der Waals surface area contributed by atoms with Crippen LogP contribution >= 0.6 is 0 Å². The van der Waals surface area contributed by atoms with E-state index in [4.69, 9.17) is 0 Å². The average Bonchev–Trinajstić information content (AvgIpc) is 3.26. The molecule has 7 nitrogen and oxygen atoms in total. The van der Waals surface area contributed by atoms with Gasteiger partial charge in [0.1, 0.15) is 11.9 Å². The number of aromatic nitrogens is 2. The van der Waals surface area contributed by atoms with E-state index in [9.17, 15) is 14.4 Å². The molecule has 3 aromatic rings. The number of carbonyl (C=O) groups is 3. The monoisotopic (exact) mass is 404 g/mol. The standard InChI is InChI=1S/C23H24N4O3/c1-14(2)20(27-22(29)15-8-3-4-9-16(15)23(27)30)21(28)24-13-7-12-19-25-17-10-5-6-11-18(17)26-19/h3-6,8-11,14,20H,7,12-13H2,1-2H3,(H,24,28)(H,25,26). The largest absolute Gasteiger partial charge is 0.354 e. The van der Waals surface area contributed by atoms with E-state index in [1.54, 1.807) is 24.3 Å². The fraction of sp³-hybridized carbons (Fsp3) is 0.304. The van der Waals surface area contributed by atoms with E-state index in [0.29, 0.717) is 30.5 Å². The van der Waals surface area contributed by atoms with Gasteiger partial charge in [-0.15, -0.1) is 0 Å². The van der Waals surface area contributed by atoms with Crippen molar-refractivity contribution in [2.45, 2.75) is 32.7 Å². The number of fused-ring (bicyclic) bond motifs is 2. The molecule has 1 atom stereocenters. The highest BCUT2D eigenvalue weighted by atomic mass is 16.2.